The Morgan fingerprint density at radius 3 is 2.50 bits per heavy atom. The van der Waals surface area contributed by atoms with Crippen LogP contribution < -0.4 is 20.1 Å². The van der Waals surface area contributed by atoms with Crippen LogP contribution in [-0.4, -0.2) is 25.5 Å². The van der Waals surface area contributed by atoms with Crippen molar-refractivity contribution >= 4 is 50.7 Å². The molecule has 0 spiro atoms. The van der Waals surface area contributed by atoms with E-state index in [0.29, 0.717) is 44.5 Å². The number of rotatable bonds is 6. The summed E-state index contributed by atoms with van der Waals surface area (Å²) in [6, 6.07) is 8.06. The molecule has 26 heavy (non-hydrogen) atoms. The first-order valence-corrected chi connectivity index (χ1v) is 8.91. The van der Waals surface area contributed by atoms with Crippen molar-refractivity contribution in [2.45, 2.75) is 13.8 Å². The molecule has 2 amide bonds. The standard InChI is InChI=1S/C18H18BrClN2O4/c1-4-26-17-13(19)7-11(8-16(17)25-3)18(24)22-15-6-5-12(9-14(15)20)21-10(2)23/h5-9H,4H2,1-3H3,(H,21,23)(H,22,24). The number of halogens is 2. The quantitative estimate of drug-likeness (QED) is 0.680. The monoisotopic (exact) mass is 440 g/mol. The lowest BCUT2D eigenvalue weighted by Gasteiger charge is -2.14. The number of hydrogen-bond acceptors (Lipinski definition) is 4. The second-order valence-electron chi connectivity index (χ2n) is 5.25. The molecule has 0 unspecified atom stereocenters. The Morgan fingerprint density at radius 2 is 1.92 bits per heavy atom. The molecule has 0 bridgehead atoms. The van der Waals surface area contributed by atoms with Crippen LogP contribution in [0.25, 0.3) is 0 Å². The number of nitrogens with one attached hydrogen (secondary N) is 2. The Bertz CT molecular complexity index is 842. The van der Waals surface area contributed by atoms with Gasteiger partial charge in [-0.25, -0.2) is 0 Å². The molecular formula is C18H18BrClN2O4. The molecule has 0 aliphatic heterocycles. The maximum atomic E-state index is 12.6. The van der Waals surface area contributed by atoms with Gasteiger partial charge in [-0.3, -0.25) is 9.59 Å². The van der Waals surface area contributed by atoms with E-state index in [0.717, 1.165) is 0 Å². The number of ether oxygens (including phenoxy) is 2. The van der Waals surface area contributed by atoms with Crippen LogP contribution in [0.3, 0.4) is 0 Å². The van der Waals surface area contributed by atoms with Crippen molar-refractivity contribution in [3.8, 4) is 11.5 Å². The molecule has 2 aromatic carbocycles. The van der Waals surface area contributed by atoms with Gasteiger partial charge in [0.2, 0.25) is 5.91 Å². The lowest BCUT2D eigenvalue weighted by Crippen LogP contribution is -2.13. The van der Waals surface area contributed by atoms with Gasteiger partial charge in [0, 0.05) is 18.2 Å². The average molecular weight is 442 g/mol. The summed E-state index contributed by atoms with van der Waals surface area (Å²) in [5, 5.41) is 5.67. The number of anilines is 2. The maximum absolute atomic E-state index is 12.6. The number of benzene rings is 2. The lowest BCUT2D eigenvalue weighted by atomic mass is 10.1. The van der Waals surface area contributed by atoms with Crippen molar-refractivity contribution in [1.82, 2.24) is 0 Å². The Hall–Kier alpha value is -2.25. The Morgan fingerprint density at radius 1 is 1.19 bits per heavy atom. The maximum Gasteiger partial charge on any atom is 0.255 e. The zero-order valence-corrected chi connectivity index (χ0v) is 16.8. The van der Waals surface area contributed by atoms with E-state index in [1.807, 2.05) is 6.92 Å². The van der Waals surface area contributed by atoms with Crippen LogP contribution in [0.4, 0.5) is 11.4 Å². The molecule has 0 atom stereocenters. The zero-order valence-electron chi connectivity index (χ0n) is 14.5. The van der Waals surface area contributed by atoms with Crippen LogP contribution in [0.15, 0.2) is 34.8 Å². The van der Waals surface area contributed by atoms with Gasteiger partial charge >= 0.3 is 0 Å². The van der Waals surface area contributed by atoms with Crippen LogP contribution >= 0.6 is 27.5 Å². The molecule has 0 radical (unpaired) electrons. The lowest BCUT2D eigenvalue weighted by molar-refractivity contribution is -0.114. The Balaban J connectivity index is 2.25. The molecule has 0 saturated heterocycles. The fourth-order valence-electron chi connectivity index (χ4n) is 2.23. The second-order valence-corrected chi connectivity index (χ2v) is 6.51. The first-order chi connectivity index (χ1) is 12.3. The van der Waals surface area contributed by atoms with E-state index in [1.165, 1.54) is 14.0 Å². The Kier molecular flexibility index (Phi) is 6.88. The highest BCUT2D eigenvalue weighted by Crippen LogP contribution is 2.37. The van der Waals surface area contributed by atoms with Crippen LogP contribution in [0.2, 0.25) is 5.02 Å². The molecule has 0 aliphatic carbocycles. The smallest absolute Gasteiger partial charge is 0.255 e. The minimum Gasteiger partial charge on any atom is -0.493 e. The summed E-state index contributed by atoms with van der Waals surface area (Å²) in [7, 11) is 1.50. The third-order valence-electron chi connectivity index (χ3n) is 3.32. The first-order valence-electron chi connectivity index (χ1n) is 7.74. The number of methoxy groups -OCH3 is 1. The third kappa shape index (κ3) is 4.89. The van der Waals surface area contributed by atoms with Gasteiger partial charge in [-0.15, -0.1) is 0 Å². The molecule has 6 nitrogen and oxygen atoms in total. The van der Waals surface area contributed by atoms with Crippen LogP contribution in [-0.2, 0) is 4.79 Å². The fourth-order valence-corrected chi connectivity index (χ4v) is 3.01. The predicted octanol–water partition coefficient (Wildman–Crippen LogP) is 4.72. The summed E-state index contributed by atoms with van der Waals surface area (Å²) in [5.74, 6) is 0.410. The summed E-state index contributed by atoms with van der Waals surface area (Å²) in [6.45, 7) is 3.73. The van der Waals surface area contributed by atoms with E-state index in [9.17, 15) is 9.59 Å². The molecular weight excluding hydrogens is 424 g/mol. The number of carbonyl (C=O) groups excluding carboxylic acids is 2. The minimum absolute atomic E-state index is 0.204. The predicted molar refractivity (Wildman–Crippen MR) is 106 cm³/mol. The van der Waals surface area contributed by atoms with Gasteiger partial charge in [-0.2, -0.15) is 0 Å². The van der Waals surface area contributed by atoms with Crippen LogP contribution in [0.1, 0.15) is 24.2 Å². The molecule has 138 valence electrons. The molecule has 8 heteroatoms. The van der Waals surface area contributed by atoms with Gasteiger partial charge in [0.1, 0.15) is 0 Å². The van der Waals surface area contributed by atoms with Gasteiger partial charge < -0.3 is 20.1 Å². The molecule has 0 saturated carbocycles. The van der Waals surface area contributed by atoms with E-state index in [2.05, 4.69) is 26.6 Å². The topological polar surface area (TPSA) is 76.7 Å². The summed E-state index contributed by atoms with van der Waals surface area (Å²) in [6.07, 6.45) is 0. The Labute approximate surface area is 164 Å². The van der Waals surface area contributed by atoms with E-state index >= 15 is 0 Å². The van der Waals surface area contributed by atoms with Crippen molar-refractivity contribution < 1.29 is 19.1 Å². The summed E-state index contributed by atoms with van der Waals surface area (Å²) >= 11 is 9.57. The van der Waals surface area contributed by atoms with Crippen LogP contribution in [0.5, 0.6) is 11.5 Å². The molecule has 2 N–H and O–H groups in total. The van der Waals surface area contributed by atoms with E-state index in [1.54, 1.807) is 30.3 Å². The van der Waals surface area contributed by atoms with E-state index in [4.69, 9.17) is 21.1 Å². The summed E-state index contributed by atoms with van der Waals surface area (Å²) < 4.78 is 11.4. The highest BCUT2D eigenvalue weighted by molar-refractivity contribution is 9.10. The molecule has 0 aromatic heterocycles. The third-order valence-corrected chi connectivity index (χ3v) is 4.22. The highest BCUT2D eigenvalue weighted by Gasteiger charge is 2.16. The number of hydrogen-bond donors (Lipinski definition) is 2. The summed E-state index contributed by atoms with van der Waals surface area (Å²) in [4.78, 5) is 23.6. The van der Waals surface area contributed by atoms with Crippen molar-refractivity contribution in [3.05, 3.63) is 45.4 Å². The SMILES string of the molecule is CCOc1c(Br)cc(C(=O)Nc2ccc(NC(C)=O)cc2Cl)cc1OC. The fraction of sp³-hybridized carbons (Fsp3) is 0.222. The average Bonchev–Trinajstić information content (AvgIpc) is 2.58. The van der Waals surface area contributed by atoms with Crippen molar-refractivity contribution in [2.75, 3.05) is 24.4 Å². The van der Waals surface area contributed by atoms with Gasteiger partial charge in [0.15, 0.2) is 11.5 Å². The normalized spacial score (nSPS) is 10.2. The summed E-state index contributed by atoms with van der Waals surface area (Å²) in [5.41, 5.74) is 1.35. The van der Waals surface area contributed by atoms with Crippen molar-refractivity contribution in [1.29, 1.82) is 0 Å². The van der Waals surface area contributed by atoms with Gasteiger partial charge in [0.25, 0.3) is 5.91 Å². The molecule has 0 heterocycles. The van der Waals surface area contributed by atoms with Crippen LogP contribution in [0, 0.1) is 0 Å². The molecule has 0 aliphatic rings. The largest absolute Gasteiger partial charge is 0.493 e. The molecule has 2 aromatic rings. The van der Waals surface area contributed by atoms with Gasteiger partial charge in [-0.1, -0.05) is 11.6 Å². The minimum atomic E-state index is -0.360. The van der Waals surface area contributed by atoms with Crippen molar-refractivity contribution in [3.63, 3.8) is 0 Å². The second kappa shape index (κ2) is 8.91. The van der Waals surface area contributed by atoms with E-state index < -0.39 is 0 Å². The van der Waals surface area contributed by atoms with E-state index in [-0.39, 0.29) is 11.8 Å². The van der Waals surface area contributed by atoms with Gasteiger partial charge in [0.05, 0.1) is 28.9 Å². The first kappa shape index (κ1) is 20.1. The number of amides is 2. The molecule has 0 fully saturated rings. The number of carbonyl (C=O) groups is 2. The van der Waals surface area contributed by atoms with Crippen molar-refractivity contribution in [2.24, 2.45) is 0 Å². The highest BCUT2D eigenvalue weighted by atomic mass is 79.9. The molecule has 2 rings (SSSR count). The van der Waals surface area contributed by atoms with Gasteiger partial charge in [-0.05, 0) is 53.2 Å². The zero-order chi connectivity index (χ0) is 19.3.